The summed E-state index contributed by atoms with van der Waals surface area (Å²) in [6.45, 7) is 5.52. The van der Waals surface area contributed by atoms with Gasteiger partial charge in [-0.15, -0.1) is 0 Å². The molecule has 0 saturated carbocycles. The zero-order valence-corrected chi connectivity index (χ0v) is 12.9. The van der Waals surface area contributed by atoms with Crippen molar-refractivity contribution in [2.24, 2.45) is 5.41 Å². The lowest BCUT2D eigenvalue weighted by Crippen LogP contribution is -2.27. The number of nitrogens with zero attached hydrogens (tertiary/aromatic N) is 2. The van der Waals surface area contributed by atoms with Crippen molar-refractivity contribution in [1.29, 1.82) is 0 Å². The average molecular weight is 289 g/mol. The SMILES string of the molecule is COc1cc(NC(=O)C(C)(C)C)c(OC)c2nccnc12. The average Bonchev–Trinajstić information content (AvgIpc) is 2.45. The molecule has 21 heavy (non-hydrogen) atoms. The van der Waals surface area contributed by atoms with Gasteiger partial charge < -0.3 is 14.8 Å². The van der Waals surface area contributed by atoms with Gasteiger partial charge in [-0.05, 0) is 0 Å². The van der Waals surface area contributed by atoms with Gasteiger partial charge in [-0.3, -0.25) is 4.79 Å². The highest BCUT2D eigenvalue weighted by Crippen LogP contribution is 2.38. The molecule has 1 aromatic carbocycles. The van der Waals surface area contributed by atoms with Gasteiger partial charge in [-0.1, -0.05) is 20.8 Å². The molecule has 0 atom stereocenters. The number of carbonyl (C=O) groups excluding carboxylic acids is 1. The molecule has 0 radical (unpaired) electrons. The predicted molar refractivity (Wildman–Crippen MR) is 80.7 cm³/mol. The van der Waals surface area contributed by atoms with Gasteiger partial charge in [0.25, 0.3) is 0 Å². The monoisotopic (exact) mass is 289 g/mol. The Morgan fingerprint density at radius 3 is 2.24 bits per heavy atom. The molecule has 112 valence electrons. The number of fused-ring (bicyclic) bond motifs is 1. The van der Waals surface area contributed by atoms with Gasteiger partial charge in [0.05, 0.1) is 19.9 Å². The van der Waals surface area contributed by atoms with E-state index >= 15 is 0 Å². The zero-order chi connectivity index (χ0) is 15.6. The molecule has 0 spiro atoms. The predicted octanol–water partition coefficient (Wildman–Crippen LogP) is 2.63. The van der Waals surface area contributed by atoms with Gasteiger partial charge >= 0.3 is 0 Å². The molecule has 6 heteroatoms. The topological polar surface area (TPSA) is 73.3 Å². The summed E-state index contributed by atoms with van der Waals surface area (Å²) in [7, 11) is 3.08. The van der Waals surface area contributed by atoms with Crippen LogP contribution in [0.3, 0.4) is 0 Å². The fourth-order valence-electron chi connectivity index (χ4n) is 1.84. The van der Waals surface area contributed by atoms with Crippen molar-refractivity contribution in [3.63, 3.8) is 0 Å². The van der Waals surface area contributed by atoms with Crippen molar-refractivity contribution in [3.05, 3.63) is 18.5 Å². The van der Waals surface area contributed by atoms with Crippen LogP contribution in [-0.2, 0) is 4.79 Å². The Balaban J connectivity index is 2.60. The summed E-state index contributed by atoms with van der Waals surface area (Å²) < 4.78 is 10.7. The van der Waals surface area contributed by atoms with Crippen LogP contribution in [0.4, 0.5) is 5.69 Å². The van der Waals surface area contributed by atoms with E-state index in [0.717, 1.165) is 0 Å². The molecule has 1 N–H and O–H groups in total. The summed E-state index contributed by atoms with van der Waals surface area (Å²) in [5.41, 5.74) is 1.13. The Labute approximate surface area is 123 Å². The molecule has 1 heterocycles. The standard InChI is InChI=1S/C15H19N3O3/c1-15(2,3)14(19)18-9-8-10(20-4)11-12(13(9)21-5)17-7-6-16-11/h6-8H,1-5H3,(H,18,19). The Morgan fingerprint density at radius 1 is 1.10 bits per heavy atom. The third-order valence-electron chi connectivity index (χ3n) is 3.02. The minimum absolute atomic E-state index is 0.119. The van der Waals surface area contributed by atoms with Crippen LogP contribution < -0.4 is 14.8 Å². The van der Waals surface area contributed by atoms with Gasteiger partial charge in [0.15, 0.2) is 5.75 Å². The third kappa shape index (κ3) is 2.89. The van der Waals surface area contributed by atoms with E-state index in [1.165, 1.54) is 7.11 Å². The summed E-state index contributed by atoms with van der Waals surface area (Å²) in [5, 5.41) is 2.86. The van der Waals surface area contributed by atoms with Crippen LogP contribution in [0.5, 0.6) is 11.5 Å². The van der Waals surface area contributed by atoms with Gasteiger partial charge in [0.2, 0.25) is 5.91 Å². The van der Waals surface area contributed by atoms with Crippen LogP contribution in [0.2, 0.25) is 0 Å². The maximum Gasteiger partial charge on any atom is 0.229 e. The van der Waals surface area contributed by atoms with Crippen molar-refractivity contribution in [1.82, 2.24) is 9.97 Å². The van der Waals surface area contributed by atoms with Gasteiger partial charge in [-0.25, -0.2) is 9.97 Å². The van der Waals surface area contributed by atoms with E-state index in [0.29, 0.717) is 28.2 Å². The molecule has 1 amide bonds. The summed E-state index contributed by atoms with van der Waals surface area (Å²) in [6, 6.07) is 1.69. The highest BCUT2D eigenvalue weighted by Gasteiger charge is 2.24. The van der Waals surface area contributed by atoms with Crippen LogP contribution in [0.15, 0.2) is 18.5 Å². The first-order valence-electron chi connectivity index (χ1n) is 6.55. The van der Waals surface area contributed by atoms with Crippen molar-refractivity contribution < 1.29 is 14.3 Å². The number of nitrogens with one attached hydrogen (secondary N) is 1. The fourth-order valence-corrected chi connectivity index (χ4v) is 1.84. The molecule has 0 aliphatic carbocycles. The second-order valence-corrected chi connectivity index (χ2v) is 5.62. The molecule has 0 saturated heterocycles. The number of rotatable bonds is 3. The summed E-state index contributed by atoms with van der Waals surface area (Å²) >= 11 is 0. The summed E-state index contributed by atoms with van der Waals surface area (Å²) in [5.74, 6) is 0.880. The molecule has 0 aliphatic rings. The van der Waals surface area contributed by atoms with E-state index in [4.69, 9.17) is 9.47 Å². The van der Waals surface area contributed by atoms with Crippen molar-refractivity contribution in [2.75, 3.05) is 19.5 Å². The Hall–Kier alpha value is -2.37. The van der Waals surface area contributed by atoms with Gasteiger partial charge in [-0.2, -0.15) is 0 Å². The van der Waals surface area contributed by atoms with E-state index in [1.54, 1.807) is 25.6 Å². The molecule has 0 unspecified atom stereocenters. The van der Waals surface area contributed by atoms with Crippen LogP contribution in [0, 0.1) is 5.41 Å². The summed E-state index contributed by atoms with van der Waals surface area (Å²) in [6.07, 6.45) is 3.15. The van der Waals surface area contributed by atoms with Crippen LogP contribution in [-0.4, -0.2) is 30.1 Å². The number of benzene rings is 1. The Kier molecular flexibility index (Phi) is 3.97. The first kappa shape index (κ1) is 15.0. The maximum atomic E-state index is 12.2. The van der Waals surface area contributed by atoms with Crippen LogP contribution in [0.1, 0.15) is 20.8 Å². The van der Waals surface area contributed by atoms with E-state index in [1.807, 2.05) is 20.8 Å². The second kappa shape index (κ2) is 5.55. The minimum Gasteiger partial charge on any atom is -0.494 e. The lowest BCUT2D eigenvalue weighted by atomic mass is 9.95. The molecule has 0 fully saturated rings. The van der Waals surface area contributed by atoms with Gasteiger partial charge in [0.1, 0.15) is 16.8 Å². The number of anilines is 1. The number of aromatic nitrogens is 2. The fraction of sp³-hybridized carbons (Fsp3) is 0.400. The first-order chi connectivity index (χ1) is 9.88. The zero-order valence-electron chi connectivity index (χ0n) is 12.9. The number of ether oxygens (including phenoxy) is 2. The van der Waals surface area contributed by atoms with Crippen LogP contribution in [0.25, 0.3) is 11.0 Å². The normalized spacial score (nSPS) is 11.3. The first-order valence-corrected chi connectivity index (χ1v) is 6.55. The lowest BCUT2D eigenvalue weighted by molar-refractivity contribution is -0.123. The van der Waals surface area contributed by atoms with E-state index in [9.17, 15) is 4.79 Å². The van der Waals surface area contributed by atoms with E-state index < -0.39 is 5.41 Å². The maximum absolute atomic E-state index is 12.2. The van der Waals surface area contributed by atoms with E-state index in [-0.39, 0.29) is 5.91 Å². The second-order valence-electron chi connectivity index (χ2n) is 5.62. The Bertz CT molecular complexity index is 678. The lowest BCUT2D eigenvalue weighted by Gasteiger charge is -2.20. The molecule has 1 aromatic heterocycles. The minimum atomic E-state index is -0.518. The Morgan fingerprint density at radius 2 is 1.71 bits per heavy atom. The largest absolute Gasteiger partial charge is 0.494 e. The van der Waals surface area contributed by atoms with Gasteiger partial charge in [0, 0.05) is 23.9 Å². The third-order valence-corrected chi connectivity index (χ3v) is 3.02. The highest BCUT2D eigenvalue weighted by molar-refractivity contribution is 6.01. The molecule has 0 aliphatic heterocycles. The number of methoxy groups -OCH3 is 2. The molecule has 2 rings (SSSR count). The molecular formula is C15H19N3O3. The highest BCUT2D eigenvalue weighted by atomic mass is 16.5. The van der Waals surface area contributed by atoms with Crippen molar-refractivity contribution >= 4 is 22.6 Å². The van der Waals surface area contributed by atoms with Crippen molar-refractivity contribution in [2.45, 2.75) is 20.8 Å². The number of hydrogen-bond acceptors (Lipinski definition) is 5. The number of amides is 1. The van der Waals surface area contributed by atoms with Crippen molar-refractivity contribution in [3.8, 4) is 11.5 Å². The molecule has 0 bridgehead atoms. The van der Waals surface area contributed by atoms with E-state index in [2.05, 4.69) is 15.3 Å². The van der Waals surface area contributed by atoms with Crippen LogP contribution >= 0.6 is 0 Å². The number of hydrogen-bond donors (Lipinski definition) is 1. The summed E-state index contributed by atoms with van der Waals surface area (Å²) in [4.78, 5) is 20.7. The number of carbonyl (C=O) groups is 1. The molecule has 6 nitrogen and oxygen atoms in total. The molecular weight excluding hydrogens is 270 g/mol. The quantitative estimate of drug-likeness (QED) is 0.940. The molecule has 2 aromatic rings. The smallest absolute Gasteiger partial charge is 0.229 e.